The molecule has 1 atom stereocenters. The fourth-order valence-electron chi connectivity index (χ4n) is 4.09. The zero-order valence-electron chi connectivity index (χ0n) is 15.7. The van der Waals surface area contributed by atoms with Crippen molar-refractivity contribution in [1.82, 2.24) is 10.2 Å². The average Bonchev–Trinajstić information content (AvgIpc) is 2.86. The predicted molar refractivity (Wildman–Crippen MR) is 100 cm³/mol. The van der Waals surface area contributed by atoms with Gasteiger partial charge >= 0.3 is 0 Å². The standard InChI is InChI=1S/C20H29N3O3/c1-23-18(24)20(22-19(23)21,12-15-8-4-3-5-9-15)14-26-17-11-7-6-10-16(17)13-25-2/h6-7,10-11,15H,3-5,8-9,12-14H2,1-2H3,(H2,21,22). The Morgan fingerprint density at radius 2 is 2.00 bits per heavy atom. The van der Waals surface area contributed by atoms with Gasteiger partial charge in [-0.25, -0.2) is 0 Å². The Hall–Kier alpha value is -2.08. The molecule has 6 heteroatoms. The van der Waals surface area contributed by atoms with Crippen molar-refractivity contribution in [2.45, 2.75) is 50.7 Å². The van der Waals surface area contributed by atoms with Gasteiger partial charge < -0.3 is 14.8 Å². The molecule has 1 aromatic carbocycles. The van der Waals surface area contributed by atoms with E-state index < -0.39 is 5.54 Å². The van der Waals surface area contributed by atoms with Crippen molar-refractivity contribution in [1.29, 1.82) is 5.41 Å². The van der Waals surface area contributed by atoms with E-state index in [9.17, 15) is 4.79 Å². The fourth-order valence-corrected chi connectivity index (χ4v) is 4.09. The Bertz CT molecular complexity index is 657. The Morgan fingerprint density at radius 1 is 1.27 bits per heavy atom. The Morgan fingerprint density at radius 3 is 2.65 bits per heavy atom. The van der Waals surface area contributed by atoms with Crippen LogP contribution in [0.1, 0.15) is 44.1 Å². The molecule has 2 aliphatic rings. The third-order valence-corrected chi connectivity index (χ3v) is 5.52. The van der Waals surface area contributed by atoms with Crippen LogP contribution in [0.3, 0.4) is 0 Å². The molecule has 6 nitrogen and oxygen atoms in total. The number of para-hydroxylation sites is 1. The molecular weight excluding hydrogens is 330 g/mol. The van der Waals surface area contributed by atoms with Crippen LogP contribution < -0.4 is 10.1 Å². The molecule has 2 N–H and O–H groups in total. The summed E-state index contributed by atoms with van der Waals surface area (Å²) in [5.41, 5.74) is 0.102. The molecule has 1 aromatic rings. The summed E-state index contributed by atoms with van der Waals surface area (Å²) in [4.78, 5) is 14.4. The van der Waals surface area contributed by atoms with Gasteiger partial charge in [0.2, 0.25) is 0 Å². The van der Waals surface area contributed by atoms with Crippen molar-refractivity contribution >= 4 is 11.9 Å². The maximum Gasteiger partial charge on any atom is 0.258 e. The van der Waals surface area contributed by atoms with Gasteiger partial charge in [0.25, 0.3) is 5.91 Å². The van der Waals surface area contributed by atoms with E-state index in [0.29, 0.717) is 18.9 Å². The molecule has 1 unspecified atom stereocenters. The zero-order valence-corrected chi connectivity index (χ0v) is 15.7. The summed E-state index contributed by atoms with van der Waals surface area (Å²) < 4.78 is 11.3. The highest BCUT2D eigenvalue weighted by Gasteiger charge is 2.50. The zero-order chi connectivity index (χ0) is 18.6. The number of rotatable bonds is 7. The lowest BCUT2D eigenvalue weighted by molar-refractivity contribution is -0.132. The van der Waals surface area contributed by atoms with Gasteiger partial charge in [0.05, 0.1) is 6.61 Å². The van der Waals surface area contributed by atoms with E-state index in [1.54, 1.807) is 14.2 Å². The molecule has 26 heavy (non-hydrogen) atoms. The van der Waals surface area contributed by atoms with Crippen molar-refractivity contribution in [3.63, 3.8) is 0 Å². The number of ether oxygens (including phenoxy) is 2. The van der Waals surface area contributed by atoms with E-state index >= 15 is 0 Å². The first-order valence-corrected chi connectivity index (χ1v) is 9.40. The number of likely N-dealkylation sites (N-methyl/N-ethyl adjacent to an activating group) is 1. The van der Waals surface area contributed by atoms with Gasteiger partial charge in [0.15, 0.2) is 11.5 Å². The second-order valence-corrected chi connectivity index (χ2v) is 7.46. The Kier molecular flexibility index (Phi) is 5.81. The highest BCUT2D eigenvalue weighted by Crippen LogP contribution is 2.34. The number of benzene rings is 1. The number of carbonyl (C=O) groups excluding carboxylic acids is 1. The summed E-state index contributed by atoms with van der Waals surface area (Å²) in [6.07, 6.45) is 6.73. The van der Waals surface area contributed by atoms with Crippen LogP contribution in [0, 0.1) is 11.3 Å². The average molecular weight is 359 g/mol. The molecule has 0 aromatic heterocycles. The summed E-state index contributed by atoms with van der Waals surface area (Å²) in [5, 5.41) is 11.2. The summed E-state index contributed by atoms with van der Waals surface area (Å²) in [6, 6.07) is 7.73. The molecule has 1 aliphatic carbocycles. The lowest BCUT2D eigenvalue weighted by Gasteiger charge is -2.33. The Balaban J connectivity index is 1.78. The normalized spacial score (nSPS) is 24.0. The number of guanidine groups is 1. The minimum absolute atomic E-state index is 0.0719. The molecule has 3 rings (SSSR count). The SMILES string of the molecule is COCc1ccccc1OCC1(CC2CCCCC2)NC(=N)N(C)C1=O. The number of hydrogen-bond acceptors (Lipinski definition) is 4. The van der Waals surface area contributed by atoms with Crippen LogP contribution in [0.15, 0.2) is 24.3 Å². The van der Waals surface area contributed by atoms with E-state index in [-0.39, 0.29) is 18.5 Å². The van der Waals surface area contributed by atoms with Crippen LogP contribution in [0.4, 0.5) is 0 Å². The van der Waals surface area contributed by atoms with Crippen LogP contribution in [-0.2, 0) is 16.1 Å². The van der Waals surface area contributed by atoms with Crippen molar-refractivity contribution in [3.8, 4) is 5.75 Å². The van der Waals surface area contributed by atoms with Crippen LogP contribution in [0.25, 0.3) is 0 Å². The van der Waals surface area contributed by atoms with Crippen LogP contribution in [0.2, 0.25) is 0 Å². The molecular formula is C20H29N3O3. The number of nitrogens with zero attached hydrogens (tertiary/aromatic N) is 1. The molecule has 1 saturated heterocycles. The topological polar surface area (TPSA) is 74.7 Å². The highest BCUT2D eigenvalue weighted by molar-refractivity contribution is 6.07. The number of amides is 1. The van der Waals surface area contributed by atoms with Crippen LogP contribution >= 0.6 is 0 Å². The van der Waals surface area contributed by atoms with E-state index in [0.717, 1.165) is 24.2 Å². The number of nitrogens with one attached hydrogen (secondary N) is 2. The van der Waals surface area contributed by atoms with E-state index in [4.69, 9.17) is 14.9 Å². The molecule has 2 fully saturated rings. The molecule has 142 valence electrons. The number of hydrogen-bond donors (Lipinski definition) is 2. The maximum absolute atomic E-state index is 13.0. The van der Waals surface area contributed by atoms with Crippen molar-refractivity contribution in [2.75, 3.05) is 20.8 Å². The van der Waals surface area contributed by atoms with Gasteiger partial charge in [-0.3, -0.25) is 15.1 Å². The molecule has 0 bridgehead atoms. The van der Waals surface area contributed by atoms with E-state index in [1.165, 1.54) is 24.2 Å². The van der Waals surface area contributed by atoms with Crippen molar-refractivity contribution in [3.05, 3.63) is 29.8 Å². The summed E-state index contributed by atoms with van der Waals surface area (Å²) in [7, 11) is 3.30. The molecule has 1 amide bonds. The lowest BCUT2D eigenvalue weighted by Crippen LogP contribution is -2.53. The van der Waals surface area contributed by atoms with Gasteiger partial charge in [0, 0.05) is 19.7 Å². The largest absolute Gasteiger partial charge is 0.490 e. The first-order chi connectivity index (χ1) is 12.6. The Labute approximate surface area is 155 Å². The van der Waals surface area contributed by atoms with Gasteiger partial charge in [-0.1, -0.05) is 50.3 Å². The van der Waals surface area contributed by atoms with Crippen molar-refractivity contribution < 1.29 is 14.3 Å². The smallest absolute Gasteiger partial charge is 0.258 e. The second-order valence-electron chi connectivity index (χ2n) is 7.46. The van der Waals surface area contributed by atoms with Crippen molar-refractivity contribution in [2.24, 2.45) is 5.92 Å². The molecule has 0 spiro atoms. The first-order valence-electron chi connectivity index (χ1n) is 9.40. The van der Waals surface area contributed by atoms with E-state index in [2.05, 4.69) is 5.32 Å². The minimum Gasteiger partial charge on any atom is -0.490 e. The second kappa shape index (κ2) is 8.08. The molecule has 0 radical (unpaired) electrons. The third-order valence-electron chi connectivity index (χ3n) is 5.52. The monoisotopic (exact) mass is 359 g/mol. The van der Waals surface area contributed by atoms with Crippen LogP contribution in [-0.4, -0.2) is 43.1 Å². The summed E-state index contributed by atoms with van der Waals surface area (Å²) in [5.74, 6) is 1.31. The number of methoxy groups -OCH3 is 1. The van der Waals surface area contributed by atoms with Crippen LogP contribution in [0.5, 0.6) is 5.75 Å². The molecule has 1 aliphatic heterocycles. The number of carbonyl (C=O) groups is 1. The van der Waals surface area contributed by atoms with Gasteiger partial charge in [-0.2, -0.15) is 0 Å². The summed E-state index contributed by atoms with van der Waals surface area (Å²) in [6.45, 7) is 0.679. The van der Waals surface area contributed by atoms with Gasteiger partial charge in [-0.15, -0.1) is 0 Å². The highest BCUT2D eigenvalue weighted by atomic mass is 16.5. The van der Waals surface area contributed by atoms with Gasteiger partial charge in [0.1, 0.15) is 12.4 Å². The van der Waals surface area contributed by atoms with Gasteiger partial charge in [-0.05, 0) is 18.4 Å². The lowest BCUT2D eigenvalue weighted by atomic mass is 9.79. The predicted octanol–water partition coefficient (Wildman–Crippen LogP) is 2.92. The minimum atomic E-state index is -0.853. The first kappa shape index (κ1) is 18.7. The van der Waals surface area contributed by atoms with E-state index in [1.807, 2.05) is 24.3 Å². The fraction of sp³-hybridized carbons (Fsp3) is 0.600. The summed E-state index contributed by atoms with van der Waals surface area (Å²) >= 11 is 0. The molecule has 1 heterocycles. The maximum atomic E-state index is 13.0. The third kappa shape index (κ3) is 3.85. The molecule has 1 saturated carbocycles. The quantitative estimate of drug-likeness (QED) is 0.785.